The van der Waals surface area contributed by atoms with E-state index >= 15 is 0 Å². The van der Waals surface area contributed by atoms with E-state index in [-0.39, 0.29) is 18.7 Å². The Balaban J connectivity index is 2.48. The molecule has 0 fully saturated rings. The highest BCUT2D eigenvalue weighted by atomic mass is 31.2. The first-order valence-corrected chi connectivity index (χ1v) is 7.97. The Morgan fingerprint density at radius 3 is 2.30 bits per heavy atom. The lowest BCUT2D eigenvalue weighted by molar-refractivity contribution is 0.309. The molecule has 0 aliphatic heterocycles. The van der Waals surface area contributed by atoms with Crippen LogP contribution < -0.4 is 0 Å². The summed E-state index contributed by atoms with van der Waals surface area (Å²) in [5, 5.41) is 10.5. The first kappa shape index (κ1) is 14.8. The van der Waals surface area contributed by atoms with Crippen molar-refractivity contribution in [2.45, 2.75) is 31.8 Å². The van der Waals surface area contributed by atoms with E-state index in [0.29, 0.717) is 5.69 Å². The summed E-state index contributed by atoms with van der Waals surface area (Å²) in [7, 11) is -4.39. The van der Waals surface area contributed by atoms with Crippen molar-refractivity contribution < 1.29 is 14.4 Å². The number of hydrogen-bond donors (Lipinski definition) is 2. The van der Waals surface area contributed by atoms with E-state index < -0.39 is 12.8 Å². The summed E-state index contributed by atoms with van der Waals surface area (Å²) >= 11 is 0. The van der Waals surface area contributed by atoms with Gasteiger partial charge in [-0.25, -0.2) is 0 Å². The SMILES string of the molecule is CCC(CC)(c1nnn(-c2ccccc2)n1)P(=O)(O)O. The van der Waals surface area contributed by atoms with E-state index in [1.54, 1.807) is 26.0 Å². The molecule has 0 spiro atoms. The number of aromatic nitrogens is 4. The third-order valence-electron chi connectivity index (χ3n) is 3.54. The van der Waals surface area contributed by atoms with Crippen molar-refractivity contribution >= 4 is 7.60 Å². The van der Waals surface area contributed by atoms with Gasteiger partial charge < -0.3 is 9.79 Å². The second-order valence-electron chi connectivity index (χ2n) is 4.52. The predicted octanol–water partition coefficient (Wildman–Crippen LogP) is 1.86. The van der Waals surface area contributed by atoms with Crippen LogP contribution in [0.2, 0.25) is 0 Å². The minimum absolute atomic E-state index is 0.0830. The number of nitrogens with zero attached hydrogens (tertiary/aromatic N) is 4. The zero-order valence-corrected chi connectivity index (χ0v) is 12.2. The van der Waals surface area contributed by atoms with Gasteiger partial charge in [-0.1, -0.05) is 32.0 Å². The molecule has 8 heteroatoms. The van der Waals surface area contributed by atoms with Gasteiger partial charge in [-0.3, -0.25) is 4.57 Å². The molecule has 108 valence electrons. The van der Waals surface area contributed by atoms with Gasteiger partial charge in [-0.05, 0) is 30.2 Å². The van der Waals surface area contributed by atoms with E-state index in [1.807, 2.05) is 18.2 Å². The van der Waals surface area contributed by atoms with Crippen LogP contribution in [-0.4, -0.2) is 30.0 Å². The van der Waals surface area contributed by atoms with Crippen LogP contribution in [-0.2, 0) is 9.72 Å². The first-order valence-electron chi connectivity index (χ1n) is 6.36. The highest BCUT2D eigenvalue weighted by Crippen LogP contribution is 2.59. The fourth-order valence-corrected chi connectivity index (χ4v) is 3.35. The van der Waals surface area contributed by atoms with Crippen molar-refractivity contribution in [3.8, 4) is 5.69 Å². The summed E-state index contributed by atoms with van der Waals surface area (Å²) in [4.78, 5) is 20.6. The van der Waals surface area contributed by atoms with Gasteiger partial charge in [0.15, 0.2) is 5.82 Å². The van der Waals surface area contributed by atoms with Crippen LogP contribution in [0.4, 0.5) is 0 Å². The van der Waals surface area contributed by atoms with Crippen LogP contribution in [0.5, 0.6) is 0 Å². The number of tetrazole rings is 1. The number of benzene rings is 1. The van der Waals surface area contributed by atoms with Crippen LogP contribution in [0.3, 0.4) is 0 Å². The first-order chi connectivity index (χ1) is 9.44. The Morgan fingerprint density at radius 2 is 1.80 bits per heavy atom. The molecule has 7 nitrogen and oxygen atoms in total. The van der Waals surface area contributed by atoms with Gasteiger partial charge in [0, 0.05) is 0 Å². The molecule has 2 aromatic rings. The molecule has 0 amide bonds. The molecule has 1 heterocycles. The van der Waals surface area contributed by atoms with Crippen molar-refractivity contribution in [2.75, 3.05) is 0 Å². The topological polar surface area (TPSA) is 101 Å². The van der Waals surface area contributed by atoms with Gasteiger partial charge in [0.1, 0.15) is 5.16 Å². The summed E-state index contributed by atoms with van der Waals surface area (Å²) in [5.41, 5.74) is 0.693. The molecule has 0 saturated heterocycles. The quantitative estimate of drug-likeness (QED) is 0.817. The number of para-hydroxylation sites is 1. The molecular weight excluding hydrogens is 279 g/mol. The van der Waals surface area contributed by atoms with Gasteiger partial charge in [-0.15, -0.1) is 15.0 Å². The van der Waals surface area contributed by atoms with Crippen LogP contribution >= 0.6 is 7.60 Å². The molecular formula is C12H17N4O3P. The van der Waals surface area contributed by atoms with Crippen LogP contribution in [0.25, 0.3) is 5.69 Å². The molecule has 0 aliphatic rings. The molecule has 0 aliphatic carbocycles. The second-order valence-corrected chi connectivity index (χ2v) is 6.46. The van der Waals surface area contributed by atoms with Gasteiger partial charge in [0.2, 0.25) is 0 Å². The standard InChI is InChI=1S/C12H17N4O3P/c1-3-12(4-2,20(17,18)19)11-13-15-16(14-11)10-8-6-5-7-9-10/h5-9H,3-4H2,1-2H3,(H2,17,18,19). The molecule has 0 unspecified atom stereocenters. The lowest BCUT2D eigenvalue weighted by Gasteiger charge is -2.28. The summed E-state index contributed by atoms with van der Waals surface area (Å²) in [6.45, 7) is 3.43. The average Bonchev–Trinajstić information content (AvgIpc) is 2.90. The molecule has 0 radical (unpaired) electrons. The molecule has 2 N–H and O–H groups in total. The van der Waals surface area contributed by atoms with E-state index in [1.165, 1.54) is 4.80 Å². The normalized spacial score (nSPS) is 12.6. The number of rotatable bonds is 5. The monoisotopic (exact) mass is 296 g/mol. The van der Waals surface area contributed by atoms with E-state index in [9.17, 15) is 14.4 Å². The molecule has 0 saturated carbocycles. The van der Waals surface area contributed by atoms with Crippen LogP contribution in [0.1, 0.15) is 32.5 Å². The number of hydrogen-bond acceptors (Lipinski definition) is 4. The van der Waals surface area contributed by atoms with E-state index in [2.05, 4.69) is 15.4 Å². The smallest absolute Gasteiger partial charge is 0.324 e. The maximum absolute atomic E-state index is 11.8. The molecule has 1 aromatic heterocycles. The zero-order valence-electron chi connectivity index (χ0n) is 11.3. The third kappa shape index (κ3) is 2.40. The maximum atomic E-state index is 11.8. The predicted molar refractivity (Wildman–Crippen MR) is 73.5 cm³/mol. The van der Waals surface area contributed by atoms with Crippen molar-refractivity contribution in [1.82, 2.24) is 20.2 Å². The Kier molecular flexibility index (Phi) is 4.04. The minimum atomic E-state index is -4.39. The van der Waals surface area contributed by atoms with Crippen LogP contribution in [0, 0.1) is 0 Å². The third-order valence-corrected chi connectivity index (χ3v) is 5.49. The lowest BCUT2D eigenvalue weighted by atomic mass is 10.0. The fraction of sp³-hybridized carbons (Fsp3) is 0.417. The molecule has 2 rings (SSSR count). The van der Waals surface area contributed by atoms with Gasteiger partial charge >= 0.3 is 7.60 Å². The van der Waals surface area contributed by atoms with Gasteiger partial charge in [0.05, 0.1) is 5.69 Å². The lowest BCUT2D eigenvalue weighted by Crippen LogP contribution is -2.26. The maximum Gasteiger partial charge on any atom is 0.339 e. The Labute approximate surface area is 116 Å². The summed E-state index contributed by atoms with van der Waals surface area (Å²) < 4.78 is 11.8. The van der Waals surface area contributed by atoms with E-state index in [4.69, 9.17) is 0 Å². The van der Waals surface area contributed by atoms with E-state index in [0.717, 1.165) is 0 Å². The molecule has 0 bridgehead atoms. The zero-order chi connectivity index (χ0) is 14.8. The molecule has 1 aromatic carbocycles. The fourth-order valence-electron chi connectivity index (χ4n) is 2.18. The van der Waals surface area contributed by atoms with Crippen LogP contribution in [0.15, 0.2) is 30.3 Å². The van der Waals surface area contributed by atoms with Crippen molar-refractivity contribution in [3.63, 3.8) is 0 Å². The van der Waals surface area contributed by atoms with Crippen molar-refractivity contribution in [1.29, 1.82) is 0 Å². The highest BCUT2D eigenvalue weighted by molar-refractivity contribution is 7.53. The highest BCUT2D eigenvalue weighted by Gasteiger charge is 2.49. The minimum Gasteiger partial charge on any atom is -0.324 e. The summed E-state index contributed by atoms with van der Waals surface area (Å²) in [6.07, 6.45) is 0.489. The van der Waals surface area contributed by atoms with Crippen molar-refractivity contribution in [3.05, 3.63) is 36.2 Å². The van der Waals surface area contributed by atoms with Gasteiger partial charge in [0.25, 0.3) is 0 Å². The van der Waals surface area contributed by atoms with Crippen molar-refractivity contribution in [2.24, 2.45) is 0 Å². The largest absolute Gasteiger partial charge is 0.339 e. The molecule has 0 atom stereocenters. The average molecular weight is 296 g/mol. The van der Waals surface area contributed by atoms with Gasteiger partial charge in [-0.2, -0.15) is 0 Å². The second kappa shape index (κ2) is 5.44. The Bertz CT molecular complexity index is 619. The Hall–Kier alpha value is -1.56. The Morgan fingerprint density at radius 1 is 1.20 bits per heavy atom. The molecule has 20 heavy (non-hydrogen) atoms. The summed E-state index contributed by atoms with van der Waals surface area (Å²) in [5.74, 6) is 0.0830. The summed E-state index contributed by atoms with van der Waals surface area (Å²) in [6, 6.07) is 9.10.